The highest BCUT2D eigenvalue weighted by Crippen LogP contribution is 2.50. The molecule has 0 radical (unpaired) electrons. The van der Waals surface area contributed by atoms with Crippen LogP contribution in [0.4, 0.5) is 20.2 Å². The minimum absolute atomic E-state index is 0.0465. The summed E-state index contributed by atoms with van der Waals surface area (Å²) in [7, 11) is 0. The van der Waals surface area contributed by atoms with Crippen molar-refractivity contribution in [3.63, 3.8) is 0 Å². The molecule has 1 N–H and O–H groups in total. The molecule has 1 unspecified atom stereocenters. The van der Waals surface area contributed by atoms with Crippen LogP contribution in [0.3, 0.4) is 0 Å². The van der Waals surface area contributed by atoms with E-state index in [0.29, 0.717) is 46.3 Å². The van der Waals surface area contributed by atoms with Crippen LogP contribution in [0.1, 0.15) is 95.5 Å². The van der Waals surface area contributed by atoms with Crippen molar-refractivity contribution in [2.75, 3.05) is 49.4 Å². The van der Waals surface area contributed by atoms with Crippen molar-refractivity contribution in [3.05, 3.63) is 130 Å². The summed E-state index contributed by atoms with van der Waals surface area (Å²) in [5.41, 5.74) is 1.08. The summed E-state index contributed by atoms with van der Waals surface area (Å²) in [6.07, 6.45) is -1.90. The second-order valence-corrected chi connectivity index (χ2v) is 15.2. The normalized spacial score (nSPS) is 13.8. The Morgan fingerprint density at radius 3 is 1.31 bits per heavy atom. The van der Waals surface area contributed by atoms with Gasteiger partial charge in [0.05, 0.1) is 80.4 Å². The molecule has 6 aromatic rings. The molecule has 0 saturated heterocycles. The monoisotopic (exact) mass is 932 g/mol. The summed E-state index contributed by atoms with van der Waals surface area (Å²) in [6.45, 7) is 12.1. The molecule has 14 nitrogen and oxygen atoms in total. The van der Waals surface area contributed by atoms with E-state index >= 15 is 0 Å². The van der Waals surface area contributed by atoms with Crippen molar-refractivity contribution >= 4 is 62.6 Å². The lowest BCUT2D eigenvalue weighted by molar-refractivity contribution is -0.143. The summed E-state index contributed by atoms with van der Waals surface area (Å²) >= 11 is 0. The van der Waals surface area contributed by atoms with Gasteiger partial charge in [0.25, 0.3) is 17.7 Å². The average molecular weight is 933 g/mol. The van der Waals surface area contributed by atoms with Gasteiger partial charge < -0.3 is 33.5 Å². The fraction of sp³-hybridized carbons (Fsp3) is 0.288. The van der Waals surface area contributed by atoms with E-state index in [0.717, 1.165) is 21.9 Å². The number of carbonyl (C=O) groups excluding carboxylic acids is 5. The van der Waals surface area contributed by atoms with Crippen molar-refractivity contribution in [3.8, 4) is 23.0 Å². The molecule has 2 heterocycles. The lowest BCUT2D eigenvalue weighted by Gasteiger charge is -2.22. The van der Waals surface area contributed by atoms with Gasteiger partial charge in [-0.2, -0.15) is 0 Å². The quantitative estimate of drug-likeness (QED) is 0.0723. The van der Waals surface area contributed by atoms with Crippen LogP contribution in [0.2, 0.25) is 0 Å². The van der Waals surface area contributed by atoms with E-state index in [-0.39, 0.29) is 95.5 Å². The predicted octanol–water partition coefficient (Wildman–Crippen LogP) is 9.22. The van der Waals surface area contributed by atoms with Gasteiger partial charge >= 0.3 is 11.9 Å². The number of fused-ring (bicyclic) bond motifs is 4. The van der Waals surface area contributed by atoms with E-state index in [4.69, 9.17) is 28.4 Å². The number of aliphatic hydroxyl groups excluding tert-OH is 1. The number of hydrogen-bond donors (Lipinski definition) is 1. The zero-order valence-corrected chi connectivity index (χ0v) is 38.4. The highest BCUT2D eigenvalue weighted by molar-refractivity contribution is 6.38. The second-order valence-electron chi connectivity index (χ2n) is 15.2. The Hall–Kier alpha value is -7.59. The maximum atomic E-state index is 14.8. The number of ether oxygens (including phenoxy) is 6. The summed E-state index contributed by atoms with van der Waals surface area (Å²) in [4.78, 5) is 66.2. The first-order valence-electron chi connectivity index (χ1n) is 22.3. The van der Waals surface area contributed by atoms with E-state index in [2.05, 4.69) is 0 Å². The molecule has 0 aromatic heterocycles. The lowest BCUT2D eigenvalue weighted by Crippen LogP contribution is -2.29. The van der Waals surface area contributed by atoms with Gasteiger partial charge in [0.2, 0.25) is 0 Å². The standard InChI is InChI=1S/C26H26FNO6.C26H24FNO6/c2*1-4-32-20(29)13-15-11-12-16(14-19(15)27)28-25(30)21-22(26(28)31)24(34-6-3)18-10-8-7-9-17(18)23(21)33-5-2/h7-12,14,25,30H,4-6,13H2,1-3H3;7-12,14H,4-6,13H2,1-3H3. The Kier molecular flexibility index (Phi) is 14.9. The summed E-state index contributed by atoms with van der Waals surface area (Å²) < 4.78 is 62.8. The molecule has 6 aromatic carbocycles. The van der Waals surface area contributed by atoms with E-state index in [1.807, 2.05) is 50.2 Å². The topological polar surface area (TPSA) is 167 Å². The van der Waals surface area contributed by atoms with Crippen LogP contribution in [-0.4, -0.2) is 74.4 Å². The number of amides is 3. The minimum atomic E-state index is -1.41. The van der Waals surface area contributed by atoms with Crippen LogP contribution in [0.15, 0.2) is 84.9 Å². The van der Waals surface area contributed by atoms with Gasteiger partial charge in [-0.05, 0) is 76.9 Å². The largest absolute Gasteiger partial charge is 0.493 e. The number of benzene rings is 6. The van der Waals surface area contributed by atoms with Crippen LogP contribution in [0.25, 0.3) is 21.5 Å². The molecule has 354 valence electrons. The predicted molar refractivity (Wildman–Crippen MR) is 249 cm³/mol. The van der Waals surface area contributed by atoms with Gasteiger partial charge in [-0.1, -0.05) is 60.7 Å². The van der Waals surface area contributed by atoms with Gasteiger partial charge in [-0.25, -0.2) is 13.7 Å². The number of carbonyl (C=O) groups is 5. The fourth-order valence-electron chi connectivity index (χ4n) is 8.37. The second kappa shape index (κ2) is 20.9. The Balaban J connectivity index is 0.000000201. The lowest BCUT2D eigenvalue weighted by atomic mass is 9.98. The van der Waals surface area contributed by atoms with Gasteiger partial charge in [-0.3, -0.25) is 28.9 Å². The number of esters is 2. The van der Waals surface area contributed by atoms with Crippen molar-refractivity contribution < 1.29 is 66.3 Å². The number of hydrogen-bond acceptors (Lipinski definition) is 12. The molecular weight excluding hydrogens is 883 g/mol. The van der Waals surface area contributed by atoms with Gasteiger partial charge in [0.15, 0.2) is 6.23 Å². The number of rotatable bonds is 16. The molecule has 0 aliphatic carbocycles. The first-order valence-corrected chi connectivity index (χ1v) is 22.3. The maximum Gasteiger partial charge on any atom is 0.310 e. The van der Waals surface area contributed by atoms with E-state index in [1.165, 1.54) is 24.3 Å². The number of halogens is 2. The third-order valence-corrected chi connectivity index (χ3v) is 11.1. The number of aliphatic hydroxyl groups is 1. The molecule has 0 saturated carbocycles. The van der Waals surface area contributed by atoms with Gasteiger partial charge in [-0.15, -0.1) is 0 Å². The Morgan fingerprint density at radius 1 is 0.515 bits per heavy atom. The van der Waals surface area contributed by atoms with E-state index in [1.54, 1.807) is 39.8 Å². The first kappa shape index (κ1) is 48.3. The summed E-state index contributed by atoms with van der Waals surface area (Å²) in [6, 6.07) is 22.5. The van der Waals surface area contributed by atoms with Crippen molar-refractivity contribution in [2.45, 2.75) is 60.6 Å². The van der Waals surface area contributed by atoms with Crippen LogP contribution in [0, 0.1) is 11.6 Å². The highest BCUT2D eigenvalue weighted by atomic mass is 19.1. The molecule has 2 aliphatic heterocycles. The summed E-state index contributed by atoms with van der Waals surface area (Å²) in [5, 5.41) is 14.0. The van der Waals surface area contributed by atoms with Crippen LogP contribution >= 0.6 is 0 Å². The minimum Gasteiger partial charge on any atom is -0.493 e. The molecule has 0 fully saturated rings. The summed E-state index contributed by atoms with van der Waals surface area (Å²) in [5.74, 6) is -2.99. The fourth-order valence-corrected chi connectivity index (χ4v) is 8.37. The smallest absolute Gasteiger partial charge is 0.310 e. The van der Waals surface area contributed by atoms with Gasteiger partial charge in [0, 0.05) is 27.2 Å². The molecule has 2 aliphatic rings. The SMILES string of the molecule is CCOC(=O)Cc1ccc(N2C(=O)c3c(c(OCC)c4ccccc4c3OCC)C2=O)cc1F.CCOC(=O)Cc1ccc(N2C(=O)c3c(c(OCC)c4ccccc4c3OCC)C2O)cc1F. The van der Waals surface area contributed by atoms with Gasteiger partial charge in [0.1, 0.15) is 34.6 Å². The first-order chi connectivity index (χ1) is 32.8. The van der Waals surface area contributed by atoms with Crippen LogP contribution in [0.5, 0.6) is 23.0 Å². The van der Waals surface area contributed by atoms with Crippen LogP contribution in [-0.2, 0) is 31.9 Å². The molecule has 68 heavy (non-hydrogen) atoms. The number of anilines is 2. The molecule has 0 bridgehead atoms. The molecule has 8 rings (SSSR count). The molecule has 1 atom stereocenters. The van der Waals surface area contributed by atoms with Crippen molar-refractivity contribution in [1.29, 1.82) is 0 Å². The Labute approximate surface area is 390 Å². The van der Waals surface area contributed by atoms with Crippen molar-refractivity contribution in [1.82, 2.24) is 0 Å². The number of nitrogens with zero attached hydrogens (tertiary/aromatic N) is 2. The van der Waals surface area contributed by atoms with E-state index < -0.39 is 47.5 Å². The van der Waals surface area contributed by atoms with Crippen molar-refractivity contribution in [2.24, 2.45) is 0 Å². The zero-order valence-electron chi connectivity index (χ0n) is 38.4. The Bertz CT molecular complexity index is 2890. The van der Waals surface area contributed by atoms with Crippen LogP contribution < -0.4 is 28.7 Å². The maximum absolute atomic E-state index is 14.8. The highest BCUT2D eigenvalue weighted by Gasteiger charge is 2.45. The number of imide groups is 1. The zero-order chi connectivity index (χ0) is 48.8. The average Bonchev–Trinajstić information content (AvgIpc) is 3.74. The third-order valence-electron chi connectivity index (χ3n) is 11.1. The molecule has 0 spiro atoms. The molecule has 16 heteroatoms. The van der Waals surface area contributed by atoms with E-state index in [9.17, 15) is 37.9 Å². The third kappa shape index (κ3) is 8.98. The molecule has 3 amide bonds. The Morgan fingerprint density at radius 2 is 0.897 bits per heavy atom. The molecular formula is C52H50F2N2O12.